The number of aromatic nitrogens is 2. The molecule has 9 aromatic carbocycles. The Kier molecular flexibility index (Phi) is 6.43. The van der Waals surface area contributed by atoms with Crippen molar-refractivity contribution in [2.75, 3.05) is 0 Å². The van der Waals surface area contributed by atoms with Crippen LogP contribution in [0.4, 0.5) is 0 Å². The van der Waals surface area contributed by atoms with Crippen molar-refractivity contribution < 1.29 is 0 Å². The maximum absolute atomic E-state index is 2.49. The number of para-hydroxylation sites is 2. The standard InChI is InChI=1S/C53H34N2/c1-3-13-34(14-4-1)35-25-28-40(29-26-35)55-48-30-27-37(42-20-12-24-49-52(42)44-19-9-10-23-47(44)54(49)39-16-5-2-6-17-39)32-46(48)53-45-22-11-21-43-41-18-8-7-15-36(41)31-38(51(43)45)33-50(53)55/h1-30,32-33H,31H2. The van der Waals surface area contributed by atoms with Crippen LogP contribution >= 0.6 is 0 Å². The van der Waals surface area contributed by atoms with Crippen LogP contribution in [0.25, 0.3) is 99.1 Å². The predicted molar refractivity (Wildman–Crippen MR) is 232 cm³/mol. The van der Waals surface area contributed by atoms with Gasteiger partial charge in [0.15, 0.2) is 0 Å². The van der Waals surface area contributed by atoms with Gasteiger partial charge in [-0.3, -0.25) is 0 Å². The van der Waals surface area contributed by atoms with Crippen molar-refractivity contribution in [2.45, 2.75) is 6.42 Å². The predicted octanol–water partition coefficient (Wildman–Crippen LogP) is 13.9. The number of hydrogen-bond acceptors (Lipinski definition) is 0. The number of benzene rings is 9. The van der Waals surface area contributed by atoms with Gasteiger partial charge in [0.2, 0.25) is 0 Å². The van der Waals surface area contributed by atoms with Crippen LogP contribution < -0.4 is 0 Å². The van der Waals surface area contributed by atoms with E-state index in [1.165, 1.54) is 110 Å². The third kappa shape index (κ3) is 4.43. The highest BCUT2D eigenvalue weighted by Gasteiger charge is 2.24. The Hall–Kier alpha value is -7.16. The summed E-state index contributed by atoms with van der Waals surface area (Å²) in [5, 5.41) is 7.82. The SMILES string of the molecule is c1ccc(-c2ccc(-n3c4ccc(-c5cccc6c5c5ccccc5n6-c5ccccc5)cc4c4c5cccc6c5c(cc43)Cc3ccccc3-6)cc2)cc1. The zero-order chi connectivity index (χ0) is 36.0. The normalized spacial score (nSPS) is 12.3. The van der Waals surface area contributed by atoms with Crippen LogP contribution in [-0.2, 0) is 6.42 Å². The molecular formula is C53H34N2. The van der Waals surface area contributed by atoms with Gasteiger partial charge in [-0.2, -0.15) is 0 Å². The highest BCUT2D eigenvalue weighted by atomic mass is 15.0. The van der Waals surface area contributed by atoms with Crippen LogP contribution in [0.5, 0.6) is 0 Å². The zero-order valence-electron chi connectivity index (χ0n) is 30.1. The molecular weight excluding hydrogens is 665 g/mol. The molecule has 2 heteroatoms. The number of rotatable bonds is 4. The lowest BCUT2D eigenvalue weighted by Gasteiger charge is -2.22. The van der Waals surface area contributed by atoms with Crippen molar-refractivity contribution in [3.8, 4) is 44.8 Å². The van der Waals surface area contributed by atoms with Gasteiger partial charge in [-0.25, -0.2) is 0 Å². The van der Waals surface area contributed by atoms with Gasteiger partial charge in [0.25, 0.3) is 0 Å². The van der Waals surface area contributed by atoms with Crippen molar-refractivity contribution >= 4 is 54.4 Å². The first-order valence-corrected chi connectivity index (χ1v) is 19.1. The molecule has 2 heterocycles. The number of hydrogen-bond donors (Lipinski definition) is 0. The molecule has 0 N–H and O–H groups in total. The van der Waals surface area contributed by atoms with E-state index >= 15 is 0 Å². The first-order valence-electron chi connectivity index (χ1n) is 19.1. The van der Waals surface area contributed by atoms with Gasteiger partial charge < -0.3 is 9.13 Å². The minimum absolute atomic E-state index is 0.923. The van der Waals surface area contributed by atoms with Crippen LogP contribution in [0.2, 0.25) is 0 Å². The second-order valence-corrected chi connectivity index (χ2v) is 14.9. The van der Waals surface area contributed by atoms with Crippen molar-refractivity contribution in [1.29, 1.82) is 0 Å². The summed E-state index contributed by atoms with van der Waals surface area (Å²) in [5.74, 6) is 0. The van der Waals surface area contributed by atoms with Crippen LogP contribution in [0.15, 0.2) is 194 Å². The average Bonchev–Trinajstić information content (AvgIpc) is 3.77. The largest absolute Gasteiger partial charge is 0.309 e. The minimum atomic E-state index is 0.923. The van der Waals surface area contributed by atoms with Gasteiger partial charge in [-0.05, 0) is 116 Å². The molecule has 0 bridgehead atoms. The van der Waals surface area contributed by atoms with Crippen LogP contribution in [-0.4, -0.2) is 9.13 Å². The molecule has 0 atom stereocenters. The Labute approximate surface area is 318 Å². The summed E-state index contributed by atoms with van der Waals surface area (Å²) < 4.78 is 4.90. The summed E-state index contributed by atoms with van der Waals surface area (Å²) in [7, 11) is 0. The number of fused-ring (bicyclic) bond motifs is 9. The molecule has 1 aliphatic rings. The molecule has 0 saturated carbocycles. The molecule has 0 radical (unpaired) electrons. The maximum atomic E-state index is 2.49. The van der Waals surface area contributed by atoms with Crippen molar-refractivity contribution in [3.05, 3.63) is 205 Å². The number of nitrogens with zero attached hydrogens (tertiary/aromatic N) is 2. The van der Waals surface area contributed by atoms with E-state index in [0.29, 0.717) is 0 Å². The van der Waals surface area contributed by atoms with E-state index in [-0.39, 0.29) is 0 Å². The highest BCUT2D eigenvalue weighted by Crippen LogP contribution is 2.47. The van der Waals surface area contributed by atoms with Gasteiger partial charge in [0.1, 0.15) is 0 Å². The van der Waals surface area contributed by atoms with Gasteiger partial charge in [0.05, 0.1) is 22.1 Å². The molecule has 0 amide bonds. The smallest absolute Gasteiger partial charge is 0.0550 e. The lowest BCUT2D eigenvalue weighted by molar-refractivity contribution is 1.16. The van der Waals surface area contributed by atoms with E-state index in [1.807, 2.05) is 0 Å². The molecule has 2 nitrogen and oxygen atoms in total. The summed E-state index contributed by atoms with van der Waals surface area (Å²) in [6.45, 7) is 0. The van der Waals surface area contributed by atoms with E-state index in [4.69, 9.17) is 0 Å². The Morgan fingerprint density at radius 3 is 1.76 bits per heavy atom. The van der Waals surface area contributed by atoms with Gasteiger partial charge in [0, 0.05) is 32.9 Å². The molecule has 11 aromatic rings. The molecule has 1 aliphatic carbocycles. The summed E-state index contributed by atoms with van der Waals surface area (Å²) in [5.41, 5.74) is 17.6. The summed E-state index contributed by atoms with van der Waals surface area (Å²) in [6.07, 6.45) is 0.923. The second kappa shape index (κ2) is 11.7. The fourth-order valence-electron chi connectivity index (χ4n) is 9.58. The summed E-state index contributed by atoms with van der Waals surface area (Å²) in [6, 6.07) is 71.6. The average molecular weight is 699 g/mol. The molecule has 12 rings (SSSR count). The van der Waals surface area contributed by atoms with E-state index in [2.05, 4.69) is 203 Å². The van der Waals surface area contributed by atoms with Crippen molar-refractivity contribution in [3.63, 3.8) is 0 Å². The van der Waals surface area contributed by atoms with E-state index < -0.39 is 0 Å². The summed E-state index contributed by atoms with van der Waals surface area (Å²) >= 11 is 0. The lowest BCUT2D eigenvalue weighted by Crippen LogP contribution is -2.02. The first kappa shape index (κ1) is 30.3. The topological polar surface area (TPSA) is 9.86 Å². The fraction of sp³-hybridized carbons (Fsp3) is 0.0189. The van der Waals surface area contributed by atoms with Crippen LogP contribution in [0, 0.1) is 0 Å². The van der Waals surface area contributed by atoms with E-state index in [0.717, 1.165) is 6.42 Å². The Morgan fingerprint density at radius 1 is 0.291 bits per heavy atom. The molecule has 0 spiro atoms. The van der Waals surface area contributed by atoms with E-state index in [9.17, 15) is 0 Å². The minimum Gasteiger partial charge on any atom is -0.309 e. The zero-order valence-corrected chi connectivity index (χ0v) is 30.1. The molecule has 0 aliphatic heterocycles. The Morgan fingerprint density at radius 2 is 0.891 bits per heavy atom. The molecule has 55 heavy (non-hydrogen) atoms. The second-order valence-electron chi connectivity index (χ2n) is 14.9. The molecule has 2 aromatic heterocycles. The third-order valence-corrected chi connectivity index (χ3v) is 11.9. The Balaban J connectivity index is 1.16. The van der Waals surface area contributed by atoms with Crippen LogP contribution in [0.3, 0.4) is 0 Å². The Bertz CT molecular complexity index is 3310. The van der Waals surface area contributed by atoms with Gasteiger partial charge in [-0.1, -0.05) is 140 Å². The maximum Gasteiger partial charge on any atom is 0.0550 e. The lowest BCUT2D eigenvalue weighted by atomic mass is 9.82. The van der Waals surface area contributed by atoms with Gasteiger partial charge >= 0.3 is 0 Å². The molecule has 0 saturated heterocycles. The molecule has 0 unspecified atom stereocenters. The highest BCUT2D eigenvalue weighted by molar-refractivity contribution is 6.25. The molecule has 256 valence electrons. The quantitative estimate of drug-likeness (QED) is 0.173. The van der Waals surface area contributed by atoms with Gasteiger partial charge in [-0.15, -0.1) is 0 Å². The monoisotopic (exact) mass is 698 g/mol. The van der Waals surface area contributed by atoms with E-state index in [1.54, 1.807) is 0 Å². The molecule has 0 fully saturated rings. The third-order valence-electron chi connectivity index (χ3n) is 11.9. The van der Waals surface area contributed by atoms with Crippen molar-refractivity contribution in [2.24, 2.45) is 0 Å². The van der Waals surface area contributed by atoms with Crippen molar-refractivity contribution in [1.82, 2.24) is 9.13 Å². The summed E-state index contributed by atoms with van der Waals surface area (Å²) in [4.78, 5) is 0. The first-order chi connectivity index (χ1) is 27.3. The fourth-order valence-corrected chi connectivity index (χ4v) is 9.58. The van der Waals surface area contributed by atoms with Crippen LogP contribution in [0.1, 0.15) is 11.1 Å².